The number of carbonyl (C=O) groups is 5. The minimum atomic E-state index is -2.83. The van der Waals surface area contributed by atoms with Gasteiger partial charge in [0.1, 0.15) is 18.3 Å². The molecule has 5 aliphatic rings. The Bertz CT molecular complexity index is 3250. The summed E-state index contributed by atoms with van der Waals surface area (Å²) in [5.41, 5.74) is 5.55. The fraction of sp³-hybridized carbons (Fsp3) is 0.353. The van der Waals surface area contributed by atoms with Crippen LogP contribution in [-0.4, -0.2) is 98.3 Å². The van der Waals surface area contributed by atoms with Crippen molar-refractivity contribution < 1.29 is 37.5 Å². The maximum Gasteiger partial charge on any atom is 0.264 e. The number of alkyl halides is 2. The van der Waals surface area contributed by atoms with Crippen LogP contribution in [0.15, 0.2) is 78.0 Å². The van der Waals surface area contributed by atoms with Gasteiger partial charge in [-0.2, -0.15) is 0 Å². The molecule has 68 heavy (non-hydrogen) atoms. The second-order valence-electron chi connectivity index (χ2n) is 18.6. The van der Waals surface area contributed by atoms with Crippen molar-refractivity contribution in [1.82, 2.24) is 29.2 Å². The summed E-state index contributed by atoms with van der Waals surface area (Å²) in [6.45, 7) is 3.92. The first kappa shape index (κ1) is 43.2. The summed E-state index contributed by atoms with van der Waals surface area (Å²) in [4.78, 5) is 90.6. The SMILES string of the molecule is COc1cc(N2CCCc3cc(-c4cn(CC(=O)N5CCC56CCN(c5cccc7c5C(=O)N(C5CCC(=O)NC5=O)C7=O)CC6)c5ccncc45)c(C(F)F)cc32)c2cc(C)c(=O)n(C)c2c1. The molecule has 0 aliphatic carbocycles. The first-order valence-corrected chi connectivity index (χ1v) is 23.0. The molecule has 17 heteroatoms. The van der Waals surface area contributed by atoms with Crippen LogP contribution in [0, 0.1) is 6.92 Å². The highest BCUT2D eigenvalue weighted by molar-refractivity contribution is 6.25. The summed E-state index contributed by atoms with van der Waals surface area (Å²) in [6, 6.07) is 14.8. The number of hydrogen-bond acceptors (Lipinski definition) is 10. The molecule has 3 saturated heterocycles. The standard InChI is InChI=1S/C51H48F2N8O7/c1-28-20-34-41(56(2)48(28)65)22-30(68-3)23-42(34)59-16-5-6-29-21-32(33(46(52)53)24-40(29)59)36-26-58(37-11-15-54-25-35(36)37)27-44(63)60-19-14-51(60)12-17-57(18-13-51)38-8-4-7-31-45(38)50(67)61(49(31)66)39-9-10-43(62)55-47(39)64/h4,7-8,11,15,20-26,39,46H,5-6,9-10,12-14,16-19,27H2,1-3H3,(H,55,62,64). The third-order valence-electron chi connectivity index (χ3n) is 15.0. The number of nitrogens with zero attached hydrogens (tertiary/aromatic N) is 7. The Kier molecular flexibility index (Phi) is 10.2. The number of ether oxygens (including phenoxy) is 1. The number of piperidine rings is 2. The van der Waals surface area contributed by atoms with Gasteiger partial charge < -0.3 is 28.6 Å². The molecular formula is C51H48F2N8O7. The zero-order chi connectivity index (χ0) is 47.3. The predicted molar refractivity (Wildman–Crippen MR) is 250 cm³/mol. The number of methoxy groups -OCH3 is 1. The summed E-state index contributed by atoms with van der Waals surface area (Å²) in [5.74, 6) is -1.78. The second-order valence-corrected chi connectivity index (χ2v) is 18.6. The lowest BCUT2D eigenvalue weighted by atomic mass is 9.76. The van der Waals surface area contributed by atoms with Gasteiger partial charge >= 0.3 is 0 Å². The van der Waals surface area contributed by atoms with Crippen molar-refractivity contribution in [1.29, 1.82) is 0 Å². The largest absolute Gasteiger partial charge is 0.497 e. The molecule has 3 aromatic carbocycles. The van der Waals surface area contributed by atoms with E-state index in [0.717, 1.165) is 34.4 Å². The maximum atomic E-state index is 15.4. The number of aromatic nitrogens is 3. The fourth-order valence-corrected chi connectivity index (χ4v) is 11.4. The minimum Gasteiger partial charge on any atom is -0.497 e. The van der Waals surface area contributed by atoms with E-state index in [9.17, 15) is 28.8 Å². The first-order valence-electron chi connectivity index (χ1n) is 23.0. The lowest BCUT2D eigenvalue weighted by molar-refractivity contribution is -0.150. The Labute approximate surface area is 388 Å². The van der Waals surface area contributed by atoms with E-state index >= 15 is 8.78 Å². The molecule has 3 fully saturated rings. The number of halogens is 2. The molecule has 15 nitrogen and oxygen atoms in total. The van der Waals surface area contributed by atoms with E-state index in [-0.39, 0.29) is 47.5 Å². The third kappa shape index (κ3) is 6.67. The molecule has 1 unspecified atom stereocenters. The molecule has 3 aromatic heterocycles. The maximum absolute atomic E-state index is 15.4. The van der Waals surface area contributed by atoms with Gasteiger partial charge in [0.2, 0.25) is 17.7 Å². The normalized spacial score (nSPS) is 19.0. The number of benzene rings is 3. The molecule has 6 aromatic rings. The number of rotatable bonds is 8. The molecule has 5 amide bonds. The highest BCUT2D eigenvalue weighted by atomic mass is 19.3. The smallest absolute Gasteiger partial charge is 0.264 e. The van der Waals surface area contributed by atoms with Gasteiger partial charge in [-0.25, -0.2) is 8.78 Å². The second kappa shape index (κ2) is 16.1. The van der Waals surface area contributed by atoms with Crippen molar-refractivity contribution in [3.05, 3.63) is 111 Å². The van der Waals surface area contributed by atoms with Crippen LogP contribution >= 0.6 is 0 Å². The first-order chi connectivity index (χ1) is 32.8. The van der Waals surface area contributed by atoms with E-state index < -0.39 is 41.6 Å². The fourth-order valence-electron chi connectivity index (χ4n) is 11.4. The number of hydrogen-bond donors (Lipinski definition) is 1. The lowest BCUT2D eigenvalue weighted by Gasteiger charge is -2.57. The van der Waals surface area contributed by atoms with Gasteiger partial charge in [-0.3, -0.25) is 44.0 Å². The van der Waals surface area contributed by atoms with Crippen LogP contribution in [-0.2, 0) is 34.4 Å². The Morgan fingerprint density at radius 3 is 2.40 bits per heavy atom. The molecule has 348 valence electrons. The zero-order valence-electron chi connectivity index (χ0n) is 37.8. The minimum absolute atomic E-state index is 0.0154. The van der Waals surface area contributed by atoms with E-state index in [2.05, 4.69) is 15.2 Å². The predicted octanol–water partition coefficient (Wildman–Crippen LogP) is 6.57. The number of likely N-dealkylation sites (tertiary alicyclic amines) is 1. The number of nitrogens with one attached hydrogen (secondary N) is 1. The van der Waals surface area contributed by atoms with Gasteiger partial charge in [0.05, 0.1) is 40.6 Å². The van der Waals surface area contributed by atoms with Gasteiger partial charge in [-0.1, -0.05) is 6.07 Å². The molecule has 1 atom stereocenters. The average Bonchev–Trinajstić information content (AvgIpc) is 3.82. The number of aryl methyl sites for hydroxylation is 3. The van der Waals surface area contributed by atoms with Crippen LogP contribution in [0.1, 0.15) is 82.4 Å². The molecule has 0 saturated carbocycles. The van der Waals surface area contributed by atoms with E-state index in [1.54, 1.807) is 74.6 Å². The van der Waals surface area contributed by atoms with Gasteiger partial charge in [-0.05, 0) is 93.0 Å². The van der Waals surface area contributed by atoms with Crippen LogP contribution < -0.4 is 25.4 Å². The Balaban J connectivity index is 0.858. The quantitative estimate of drug-likeness (QED) is 0.166. The van der Waals surface area contributed by atoms with Gasteiger partial charge in [0.15, 0.2) is 0 Å². The highest BCUT2D eigenvalue weighted by Gasteiger charge is 2.50. The summed E-state index contributed by atoms with van der Waals surface area (Å²) in [5, 5.41) is 3.70. The number of pyridine rings is 2. The monoisotopic (exact) mass is 922 g/mol. The van der Waals surface area contributed by atoms with E-state index in [0.29, 0.717) is 95.7 Å². The van der Waals surface area contributed by atoms with Crippen molar-refractivity contribution >= 4 is 68.4 Å². The Morgan fingerprint density at radius 2 is 1.66 bits per heavy atom. The number of imide groups is 2. The van der Waals surface area contributed by atoms with Crippen LogP contribution in [0.25, 0.3) is 32.9 Å². The number of amides is 5. The summed E-state index contributed by atoms with van der Waals surface area (Å²) in [7, 11) is 3.27. The Hall–Kier alpha value is -7.43. The summed E-state index contributed by atoms with van der Waals surface area (Å²) < 4.78 is 40.0. The molecule has 1 N–H and O–H groups in total. The Morgan fingerprint density at radius 1 is 0.868 bits per heavy atom. The van der Waals surface area contributed by atoms with Crippen LogP contribution in [0.5, 0.6) is 5.75 Å². The van der Waals surface area contributed by atoms with Gasteiger partial charge in [0, 0.05) is 109 Å². The van der Waals surface area contributed by atoms with Crippen LogP contribution in [0.4, 0.5) is 25.8 Å². The van der Waals surface area contributed by atoms with E-state index in [1.165, 1.54) is 0 Å². The number of carbonyl (C=O) groups excluding carboxylic acids is 5. The number of fused-ring (bicyclic) bond motifs is 4. The zero-order valence-corrected chi connectivity index (χ0v) is 37.8. The summed E-state index contributed by atoms with van der Waals surface area (Å²) in [6.07, 6.45) is 5.81. The van der Waals surface area contributed by atoms with Crippen LogP contribution in [0.3, 0.4) is 0 Å². The van der Waals surface area contributed by atoms with E-state index in [4.69, 9.17) is 4.74 Å². The van der Waals surface area contributed by atoms with E-state index in [1.807, 2.05) is 38.6 Å². The van der Waals surface area contributed by atoms with Gasteiger partial charge in [0.25, 0.3) is 23.8 Å². The third-order valence-corrected chi connectivity index (χ3v) is 15.0. The average molecular weight is 923 g/mol. The van der Waals surface area contributed by atoms with Crippen molar-refractivity contribution in [3.63, 3.8) is 0 Å². The van der Waals surface area contributed by atoms with Crippen molar-refractivity contribution in [2.45, 2.75) is 76.4 Å². The lowest BCUT2D eigenvalue weighted by Crippen LogP contribution is -2.66. The summed E-state index contributed by atoms with van der Waals surface area (Å²) >= 11 is 0. The molecule has 0 radical (unpaired) electrons. The van der Waals surface area contributed by atoms with Crippen molar-refractivity contribution in [2.24, 2.45) is 7.05 Å². The molecule has 0 bridgehead atoms. The van der Waals surface area contributed by atoms with Gasteiger partial charge in [-0.15, -0.1) is 0 Å². The van der Waals surface area contributed by atoms with Crippen molar-refractivity contribution in [2.75, 3.05) is 43.1 Å². The number of anilines is 3. The molecule has 11 rings (SSSR count). The molecular weight excluding hydrogens is 875 g/mol. The molecule has 5 aliphatic heterocycles. The highest BCUT2D eigenvalue weighted by Crippen LogP contribution is 2.47. The molecule has 1 spiro atoms. The van der Waals surface area contributed by atoms with Crippen LogP contribution in [0.2, 0.25) is 0 Å². The molecule has 8 heterocycles. The topological polar surface area (TPSA) is 159 Å². The van der Waals surface area contributed by atoms with Crippen molar-refractivity contribution in [3.8, 4) is 16.9 Å².